The Hall–Kier alpha value is -3.83. The standard InChI is InChI=1S/C30H34N2O7S2/c1-2-26(27(33)28(34)32-18-23-12-6-3-7-13-23)30(29(31)35,21-40(36,37)19-24-14-8-4-9-15-24)22-41(38,39)20-25-16-10-5-11-17-25/h3-17,26H,2,18-22H2,1H3,(H2,31,35)(H,32,34)/t26-/m1/s1. The molecule has 3 aromatic rings. The molecule has 0 aliphatic heterocycles. The van der Waals surface area contributed by atoms with Crippen LogP contribution in [0, 0.1) is 11.3 Å². The smallest absolute Gasteiger partial charge is 0.287 e. The summed E-state index contributed by atoms with van der Waals surface area (Å²) in [7, 11) is -8.40. The van der Waals surface area contributed by atoms with Gasteiger partial charge >= 0.3 is 0 Å². The molecule has 9 nitrogen and oxygen atoms in total. The van der Waals surface area contributed by atoms with Crippen molar-refractivity contribution in [2.45, 2.75) is 31.4 Å². The van der Waals surface area contributed by atoms with Crippen molar-refractivity contribution in [1.29, 1.82) is 0 Å². The van der Waals surface area contributed by atoms with Crippen LogP contribution >= 0.6 is 0 Å². The molecule has 2 amide bonds. The fourth-order valence-electron chi connectivity index (χ4n) is 4.95. The zero-order chi connectivity index (χ0) is 30.1. The van der Waals surface area contributed by atoms with E-state index in [0.717, 1.165) is 0 Å². The van der Waals surface area contributed by atoms with E-state index in [4.69, 9.17) is 5.73 Å². The quantitative estimate of drug-likeness (QED) is 0.255. The van der Waals surface area contributed by atoms with Gasteiger partial charge in [-0.1, -0.05) is 97.9 Å². The molecule has 11 heteroatoms. The van der Waals surface area contributed by atoms with E-state index in [0.29, 0.717) is 16.7 Å². The molecule has 0 saturated heterocycles. The highest BCUT2D eigenvalue weighted by Crippen LogP contribution is 2.36. The van der Waals surface area contributed by atoms with E-state index in [9.17, 15) is 31.2 Å². The molecule has 0 heterocycles. The van der Waals surface area contributed by atoms with Gasteiger partial charge in [-0.3, -0.25) is 14.4 Å². The van der Waals surface area contributed by atoms with Crippen molar-refractivity contribution in [2.75, 3.05) is 11.5 Å². The van der Waals surface area contributed by atoms with Crippen LogP contribution in [-0.4, -0.2) is 45.9 Å². The molecule has 3 aromatic carbocycles. The van der Waals surface area contributed by atoms with E-state index < -0.39 is 71.6 Å². The predicted octanol–water partition coefficient (Wildman–Crippen LogP) is 2.60. The zero-order valence-corrected chi connectivity index (χ0v) is 24.4. The second kappa shape index (κ2) is 13.7. The maximum atomic E-state index is 13.5. The third-order valence-corrected chi connectivity index (χ3v) is 10.3. The minimum absolute atomic E-state index is 0.00400. The summed E-state index contributed by atoms with van der Waals surface area (Å²) >= 11 is 0. The van der Waals surface area contributed by atoms with Crippen molar-refractivity contribution in [3.63, 3.8) is 0 Å². The second-order valence-corrected chi connectivity index (χ2v) is 14.2. The van der Waals surface area contributed by atoms with E-state index >= 15 is 0 Å². The van der Waals surface area contributed by atoms with Crippen LogP contribution < -0.4 is 11.1 Å². The summed E-state index contributed by atoms with van der Waals surface area (Å²) in [5.41, 5.74) is 4.95. The highest BCUT2D eigenvalue weighted by molar-refractivity contribution is 7.91. The van der Waals surface area contributed by atoms with E-state index in [-0.39, 0.29) is 13.0 Å². The summed E-state index contributed by atoms with van der Waals surface area (Å²) in [5, 5.41) is 2.49. The molecule has 0 aliphatic rings. The minimum Gasteiger partial charge on any atom is -0.369 e. The fourth-order valence-corrected chi connectivity index (χ4v) is 9.15. The average Bonchev–Trinajstić information content (AvgIpc) is 2.92. The first-order chi connectivity index (χ1) is 19.4. The molecule has 0 aliphatic carbocycles. The lowest BCUT2D eigenvalue weighted by Gasteiger charge is -2.36. The first-order valence-corrected chi connectivity index (χ1v) is 16.7. The number of hydrogen-bond acceptors (Lipinski definition) is 7. The Bertz CT molecular complexity index is 1490. The minimum atomic E-state index is -4.20. The maximum absolute atomic E-state index is 13.5. The van der Waals surface area contributed by atoms with Crippen molar-refractivity contribution >= 4 is 37.3 Å². The molecule has 41 heavy (non-hydrogen) atoms. The van der Waals surface area contributed by atoms with Gasteiger partial charge < -0.3 is 11.1 Å². The van der Waals surface area contributed by atoms with Crippen LogP contribution in [0.4, 0.5) is 0 Å². The Morgan fingerprint density at radius 2 is 1.10 bits per heavy atom. The summed E-state index contributed by atoms with van der Waals surface area (Å²) < 4.78 is 53.9. The summed E-state index contributed by atoms with van der Waals surface area (Å²) in [6.07, 6.45) is -0.192. The molecule has 218 valence electrons. The number of ketones is 1. The van der Waals surface area contributed by atoms with E-state index in [1.165, 1.54) is 6.92 Å². The number of rotatable bonds is 15. The Morgan fingerprint density at radius 1 is 0.707 bits per heavy atom. The van der Waals surface area contributed by atoms with Crippen LogP contribution in [0.1, 0.15) is 30.0 Å². The number of Topliss-reactive ketones (excluding diaryl/α,β-unsaturated/α-hetero) is 1. The first-order valence-electron chi connectivity index (χ1n) is 13.0. The van der Waals surface area contributed by atoms with Crippen LogP contribution in [0.2, 0.25) is 0 Å². The molecule has 0 unspecified atom stereocenters. The van der Waals surface area contributed by atoms with Gasteiger partial charge in [0.15, 0.2) is 19.7 Å². The van der Waals surface area contributed by atoms with Gasteiger partial charge in [-0.25, -0.2) is 16.8 Å². The molecule has 3 N–H and O–H groups in total. The molecule has 0 radical (unpaired) electrons. The molecule has 0 saturated carbocycles. The number of sulfone groups is 2. The monoisotopic (exact) mass is 598 g/mol. The highest BCUT2D eigenvalue weighted by Gasteiger charge is 2.53. The van der Waals surface area contributed by atoms with Crippen molar-refractivity contribution < 1.29 is 31.2 Å². The topological polar surface area (TPSA) is 158 Å². The van der Waals surface area contributed by atoms with Gasteiger partial charge in [-0.2, -0.15) is 0 Å². The van der Waals surface area contributed by atoms with Crippen LogP contribution in [0.5, 0.6) is 0 Å². The number of primary amides is 1. The maximum Gasteiger partial charge on any atom is 0.287 e. The van der Waals surface area contributed by atoms with Gasteiger partial charge in [-0.05, 0) is 23.1 Å². The summed E-state index contributed by atoms with van der Waals surface area (Å²) in [5.74, 6) is -8.10. The number of hydrogen-bond donors (Lipinski definition) is 2. The second-order valence-electron chi connectivity index (χ2n) is 10.0. The Labute approximate surface area is 241 Å². The molecular weight excluding hydrogens is 564 g/mol. The third-order valence-electron chi connectivity index (χ3n) is 6.82. The van der Waals surface area contributed by atoms with Crippen molar-refractivity contribution in [3.8, 4) is 0 Å². The molecule has 1 atom stereocenters. The van der Waals surface area contributed by atoms with Crippen molar-refractivity contribution in [1.82, 2.24) is 5.32 Å². The van der Waals surface area contributed by atoms with Gasteiger partial charge in [-0.15, -0.1) is 0 Å². The SMILES string of the molecule is CC[C@H](C(=O)C(=O)NCc1ccccc1)C(CS(=O)(=O)Cc1ccccc1)(CS(=O)(=O)Cc1ccccc1)C(N)=O. The Kier molecular flexibility index (Phi) is 10.6. The molecule has 3 rings (SSSR count). The normalized spacial score (nSPS) is 12.8. The van der Waals surface area contributed by atoms with Gasteiger partial charge in [0.1, 0.15) is 0 Å². The lowest BCUT2D eigenvalue weighted by atomic mass is 9.73. The molecule has 0 aromatic heterocycles. The van der Waals surface area contributed by atoms with Gasteiger partial charge in [0.25, 0.3) is 5.91 Å². The van der Waals surface area contributed by atoms with Crippen LogP contribution in [0.25, 0.3) is 0 Å². The summed E-state index contributed by atoms with van der Waals surface area (Å²) in [6.45, 7) is 1.49. The van der Waals surface area contributed by atoms with E-state index in [1.807, 2.05) is 0 Å². The molecule has 0 bridgehead atoms. The van der Waals surface area contributed by atoms with Crippen molar-refractivity contribution in [2.24, 2.45) is 17.1 Å². The molecular formula is C30H34N2O7S2. The molecule has 0 fully saturated rings. The highest BCUT2D eigenvalue weighted by atomic mass is 32.2. The predicted molar refractivity (Wildman–Crippen MR) is 157 cm³/mol. The van der Waals surface area contributed by atoms with Crippen molar-refractivity contribution in [3.05, 3.63) is 108 Å². The lowest BCUT2D eigenvalue weighted by Crippen LogP contribution is -2.56. The molecule has 0 spiro atoms. The van der Waals surface area contributed by atoms with Gasteiger partial charge in [0.05, 0.1) is 28.4 Å². The van der Waals surface area contributed by atoms with E-state index in [2.05, 4.69) is 5.32 Å². The summed E-state index contributed by atoms with van der Waals surface area (Å²) in [6, 6.07) is 25.1. The van der Waals surface area contributed by atoms with Crippen LogP contribution in [-0.2, 0) is 52.1 Å². The first kappa shape index (κ1) is 31.7. The van der Waals surface area contributed by atoms with Crippen LogP contribution in [0.15, 0.2) is 91.0 Å². The number of carbonyl (C=O) groups excluding carboxylic acids is 3. The average molecular weight is 599 g/mol. The Balaban J connectivity index is 2.01. The number of nitrogens with two attached hydrogens (primary N) is 1. The van der Waals surface area contributed by atoms with Gasteiger partial charge in [0, 0.05) is 12.5 Å². The van der Waals surface area contributed by atoms with Crippen LogP contribution in [0.3, 0.4) is 0 Å². The van der Waals surface area contributed by atoms with Gasteiger partial charge in [0.2, 0.25) is 11.7 Å². The lowest BCUT2D eigenvalue weighted by molar-refractivity contribution is -0.145. The number of carbonyl (C=O) groups is 3. The largest absolute Gasteiger partial charge is 0.369 e. The summed E-state index contributed by atoms with van der Waals surface area (Å²) in [4.78, 5) is 39.7. The number of amides is 2. The number of benzene rings is 3. The third kappa shape index (κ3) is 8.83. The fraction of sp³-hybridized carbons (Fsp3) is 0.300. The number of nitrogens with one attached hydrogen (secondary N) is 1. The zero-order valence-electron chi connectivity index (χ0n) is 22.7. The Morgan fingerprint density at radius 3 is 1.46 bits per heavy atom. The van der Waals surface area contributed by atoms with E-state index in [1.54, 1.807) is 91.0 Å².